The molecule has 1 aromatic carbocycles. The zero-order valence-electron chi connectivity index (χ0n) is 13.6. The molecule has 0 saturated carbocycles. The number of rotatable bonds is 5. The Hall–Kier alpha value is -1.35. The molecule has 3 heteroatoms. The van der Waals surface area contributed by atoms with Crippen LogP contribution in [0.5, 0.6) is 0 Å². The first-order valence-electron chi connectivity index (χ1n) is 8.24. The normalized spacial score (nSPS) is 17.8. The van der Waals surface area contributed by atoms with Crippen LogP contribution in [0.2, 0.25) is 0 Å². The van der Waals surface area contributed by atoms with E-state index in [1.54, 1.807) is 6.92 Å². The van der Waals surface area contributed by atoms with Gasteiger partial charge in [0.05, 0.1) is 0 Å². The van der Waals surface area contributed by atoms with Crippen molar-refractivity contribution < 1.29 is 4.79 Å². The number of carbonyl (C=O) groups is 1. The molecule has 0 radical (unpaired) electrons. The Morgan fingerprint density at radius 3 is 2.33 bits per heavy atom. The minimum Gasteiger partial charge on any atom is -0.343 e. The quantitative estimate of drug-likeness (QED) is 0.901. The molecule has 1 fully saturated rings. The Labute approximate surface area is 128 Å². The molecule has 1 N–H and O–H groups in total. The van der Waals surface area contributed by atoms with Crippen molar-refractivity contribution in [1.29, 1.82) is 0 Å². The summed E-state index contributed by atoms with van der Waals surface area (Å²) in [6.07, 6.45) is 4.30. The van der Waals surface area contributed by atoms with Gasteiger partial charge in [0.25, 0.3) is 0 Å². The molecule has 3 nitrogen and oxygen atoms in total. The minimum absolute atomic E-state index is 0.204. The van der Waals surface area contributed by atoms with Crippen molar-refractivity contribution in [1.82, 2.24) is 10.2 Å². The Bertz CT molecular complexity index is 447. The molecule has 0 spiro atoms. The van der Waals surface area contributed by atoms with Gasteiger partial charge in [-0.2, -0.15) is 0 Å². The van der Waals surface area contributed by atoms with E-state index in [9.17, 15) is 4.79 Å². The third-order valence-electron chi connectivity index (χ3n) is 4.58. The first kappa shape index (κ1) is 16.0. The summed E-state index contributed by atoms with van der Waals surface area (Å²) in [4.78, 5) is 13.3. The van der Waals surface area contributed by atoms with Gasteiger partial charge in [-0.1, -0.05) is 38.1 Å². The lowest BCUT2D eigenvalue weighted by Crippen LogP contribution is -2.45. The molecule has 0 bridgehead atoms. The summed E-state index contributed by atoms with van der Waals surface area (Å²) >= 11 is 0. The van der Waals surface area contributed by atoms with E-state index < -0.39 is 0 Å². The van der Waals surface area contributed by atoms with Gasteiger partial charge in [-0.15, -0.1) is 0 Å². The predicted octanol–water partition coefficient (Wildman–Crippen LogP) is 3.30. The van der Waals surface area contributed by atoms with Crippen LogP contribution in [0.15, 0.2) is 24.3 Å². The number of nitrogens with one attached hydrogen (secondary N) is 1. The van der Waals surface area contributed by atoms with Crippen molar-refractivity contribution in [2.24, 2.45) is 0 Å². The number of carbonyl (C=O) groups excluding carboxylic acids is 1. The van der Waals surface area contributed by atoms with E-state index in [1.807, 2.05) is 4.90 Å². The van der Waals surface area contributed by atoms with Gasteiger partial charge >= 0.3 is 0 Å². The van der Waals surface area contributed by atoms with Gasteiger partial charge < -0.3 is 10.2 Å². The molecule has 0 aliphatic carbocycles. The van der Waals surface area contributed by atoms with Crippen molar-refractivity contribution in [2.45, 2.75) is 58.5 Å². The highest BCUT2D eigenvalue weighted by Gasteiger charge is 2.22. The number of hydrogen-bond acceptors (Lipinski definition) is 2. The van der Waals surface area contributed by atoms with Crippen molar-refractivity contribution in [3.8, 4) is 0 Å². The molecule has 116 valence electrons. The van der Waals surface area contributed by atoms with Gasteiger partial charge in [-0.25, -0.2) is 0 Å². The zero-order chi connectivity index (χ0) is 15.2. The van der Waals surface area contributed by atoms with Crippen LogP contribution >= 0.6 is 0 Å². The molecule has 1 amide bonds. The van der Waals surface area contributed by atoms with E-state index >= 15 is 0 Å². The van der Waals surface area contributed by atoms with Crippen LogP contribution in [-0.4, -0.2) is 29.9 Å². The van der Waals surface area contributed by atoms with Crippen LogP contribution in [-0.2, 0) is 11.2 Å². The first-order chi connectivity index (χ1) is 10.1. The van der Waals surface area contributed by atoms with Gasteiger partial charge in [-0.3, -0.25) is 4.79 Å². The highest BCUT2D eigenvalue weighted by atomic mass is 16.2. The largest absolute Gasteiger partial charge is 0.343 e. The molecule has 21 heavy (non-hydrogen) atoms. The van der Waals surface area contributed by atoms with E-state index in [1.165, 1.54) is 11.1 Å². The molecule has 2 rings (SSSR count). The third kappa shape index (κ3) is 4.31. The summed E-state index contributed by atoms with van der Waals surface area (Å²) in [6.45, 7) is 7.86. The van der Waals surface area contributed by atoms with Gasteiger partial charge in [0, 0.05) is 32.1 Å². The fraction of sp³-hybridized carbons (Fsp3) is 0.611. The average Bonchev–Trinajstić information content (AvgIpc) is 2.53. The Morgan fingerprint density at radius 2 is 1.86 bits per heavy atom. The maximum absolute atomic E-state index is 11.4. The van der Waals surface area contributed by atoms with Crippen LogP contribution in [0.1, 0.15) is 57.2 Å². The fourth-order valence-corrected chi connectivity index (χ4v) is 3.08. The Kier molecular flexibility index (Phi) is 5.80. The second-order valence-corrected chi connectivity index (χ2v) is 6.00. The topological polar surface area (TPSA) is 32.3 Å². The third-order valence-corrected chi connectivity index (χ3v) is 4.58. The summed E-state index contributed by atoms with van der Waals surface area (Å²) < 4.78 is 0. The van der Waals surface area contributed by atoms with E-state index in [2.05, 4.69) is 43.4 Å². The van der Waals surface area contributed by atoms with Crippen molar-refractivity contribution in [3.05, 3.63) is 35.4 Å². The molecule has 1 saturated heterocycles. The zero-order valence-corrected chi connectivity index (χ0v) is 13.6. The number of nitrogens with zero attached hydrogens (tertiary/aromatic N) is 1. The molecule has 1 aromatic rings. The number of aryl methyl sites for hydroxylation is 1. The summed E-state index contributed by atoms with van der Waals surface area (Å²) in [5.74, 6) is 0.204. The van der Waals surface area contributed by atoms with Crippen molar-refractivity contribution in [3.63, 3.8) is 0 Å². The van der Waals surface area contributed by atoms with Crippen molar-refractivity contribution in [2.75, 3.05) is 13.1 Å². The van der Waals surface area contributed by atoms with E-state index in [-0.39, 0.29) is 5.91 Å². The summed E-state index contributed by atoms with van der Waals surface area (Å²) in [6, 6.07) is 9.92. The lowest BCUT2D eigenvalue weighted by molar-refractivity contribution is -0.129. The molecule has 0 aromatic heterocycles. The van der Waals surface area contributed by atoms with Gasteiger partial charge in [0.2, 0.25) is 5.91 Å². The predicted molar refractivity (Wildman–Crippen MR) is 87.3 cm³/mol. The summed E-state index contributed by atoms with van der Waals surface area (Å²) in [5.41, 5.74) is 2.77. The lowest BCUT2D eigenvalue weighted by Gasteiger charge is -2.34. The number of piperidine rings is 1. The van der Waals surface area contributed by atoms with Crippen LogP contribution in [0, 0.1) is 0 Å². The van der Waals surface area contributed by atoms with Crippen LogP contribution in [0.3, 0.4) is 0 Å². The van der Waals surface area contributed by atoms with Crippen LogP contribution < -0.4 is 5.32 Å². The van der Waals surface area contributed by atoms with Crippen LogP contribution in [0.4, 0.5) is 0 Å². The SMILES string of the molecule is CCc1ccc(C(CC)NC2CCN(C(C)=O)CC2)cc1. The molecule has 1 heterocycles. The summed E-state index contributed by atoms with van der Waals surface area (Å²) in [5, 5.41) is 3.78. The van der Waals surface area contributed by atoms with E-state index in [0.717, 1.165) is 38.8 Å². The molecular weight excluding hydrogens is 260 g/mol. The summed E-state index contributed by atoms with van der Waals surface area (Å²) in [7, 11) is 0. The van der Waals surface area contributed by atoms with E-state index in [4.69, 9.17) is 0 Å². The fourth-order valence-electron chi connectivity index (χ4n) is 3.08. The molecular formula is C18H28N2O. The number of benzene rings is 1. The van der Waals surface area contributed by atoms with Crippen molar-refractivity contribution >= 4 is 5.91 Å². The second-order valence-electron chi connectivity index (χ2n) is 6.00. The first-order valence-corrected chi connectivity index (χ1v) is 8.24. The van der Waals surface area contributed by atoms with Gasteiger partial charge in [0.15, 0.2) is 0 Å². The monoisotopic (exact) mass is 288 g/mol. The van der Waals surface area contributed by atoms with Gasteiger partial charge in [-0.05, 0) is 36.8 Å². The second kappa shape index (κ2) is 7.60. The molecule has 1 atom stereocenters. The van der Waals surface area contributed by atoms with E-state index in [0.29, 0.717) is 12.1 Å². The maximum atomic E-state index is 11.4. The van der Waals surface area contributed by atoms with Gasteiger partial charge in [0.1, 0.15) is 0 Å². The highest BCUT2D eigenvalue weighted by Crippen LogP contribution is 2.21. The number of likely N-dealkylation sites (tertiary alicyclic amines) is 1. The number of amides is 1. The number of hydrogen-bond donors (Lipinski definition) is 1. The average molecular weight is 288 g/mol. The molecule has 1 aliphatic rings. The Morgan fingerprint density at radius 1 is 1.24 bits per heavy atom. The lowest BCUT2D eigenvalue weighted by atomic mass is 9.98. The van der Waals surface area contributed by atoms with Crippen LogP contribution in [0.25, 0.3) is 0 Å². The smallest absolute Gasteiger partial charge is 0.219 e. The molecule has 1 aliphatic heterocycles. The standard InChI is InChI=1S/C18H28N2O/c1-4-15-6-8-16(9-7-15)18(5-2)19-17-10-12-20(13-11-17)14(3)21/h6-9,17-19H,4-5,10-13H2,1-3H3. The minimum atomic E-state index is 0.204. The molecule has 1 unspecified atom stereocenters. The highest BCUT2D eigenvalue weighted by molar-refractivity contribution is 5.73. The maximum Gasteiger partial charge on any atom is 0.219 e. The Balaban J connectivity index is 1.91.